The van der Waals surface area contributed by atoms with E-state index in [2.05, 4.69) is 29.2 Å². The van der Waals surface area contributed by atoms with Crippen LogP contribution in [0.4, 0.5) is 5.69 Å². The summed E-state index contributed by atoms with van der Waals surface area (Å²) < 4.78 is 0. The summed E-state index contributed by atoms with van der Waals surface area (Å²) in [6.45, 7) is 1.02. The van der Waals surface area contributed by atoms with Gasteiger partial charge in [0.25, 0.3) is 0 Å². The first kappa shape index (κ1) is 13.9. The third kappa shape index (κ3) is 2.70. The molecule has 1 heterocycles. The highest BCUT2D eigenvalue weighted by molar-refractivity contribution is 5.56. The number of aliphatic hydroxyl groups excluding tert-OH is 1. The highest BCUT2D eigenvalue weighted by Crippen LogP contribution is 2.35. The van der Waals surface area contributed by atoms with Gasteiger partial charge in [-0.15, -0.1) is 0 Å². The van der Waals surface area contributed by atoms with Crippen LogP contribution in [-0.4, -0.2) is 23.8 Å². The highest BCUT2D eigenvalue weighted by Gasteiger charge is 2.30. The van der Waals surface area contributed by atoms with Gasteiger partial charge in [-0.2, -0.15) is 0 Å². The Balaban J connectivity index is 1.93. The van der Waals surface area contributed by atoms with E-state index in [0.717, 1.165) is 38.6 Å². The van der Waals surface area contributed by atoms with Gasteiger partial charge in [0.2, 0.25) is 0 Å². The third-order valence-electron chi connectivity index (χ3n) is 4.90. The van der Waals surface area contributed by atoms with Crippen LogP contribution in [0, 0.1) is 0 Å². The van der Waals surface area contributed by atoms with Gasteiger partial charge in [-0.05, 0) is 37.3 Å². The molecule has 3 unspecified atom stereocenters. The van der Waals surface area contributed by atoms with E-state index in [1.54, 1.807) is 0 Å². The van der Waals surface area contributed by atoms with Gasteiger partial charge < -0.3 is 15.7 Å². The molecule has 3 heteroatoms. The quantitative estimate of drug-likeness (QED) is 0.774. The summed E-state index contributed by atoms with van der Waals surface area (Å²) in [5, 5.41) is 10.5. The average molecular weight is 274 g/mol. The molecule has 0 saturated heterocycles. The van der Waals surface area contributed by atoms with Crippen molar-refractivity contribution in [3.8, 4) is 0 Å². The molecule has 1 aliphatic heterocycles. The minimum atomic E-state index is -0.195. The Kier molecular flexibility index (Phi) is 4.27. The lowest BCUT2D eigenvalue weighted by atomic mass is 10.0. The maximum absolute atomic E-state index is 10.5. The van der Waals surface area contributed by atoms with Crippen LogP contribution in [0.1, 0.15) is 56.6 Å². The zero-order valence-electron chi connectivity index (χ0n) is 12.2. The van der Waals surface area contributed by atoms with Gasteiger partial charge in [-0.25, -0.2) is 0 Å². The van der Waals surface area contributed by atoms with Crippen LogP contribution in [0.15, 0.2) is 24.3 Å². The van der Waals surface area contributed by atoms with E-state index >= 15 is 0 Å². The maximum Gasteiger partial charge on any atom is 0.0743 e. The number of nitrogens with two attached hydrogens (primary N) is 1. The van der Waals surface area contributed by atoms with Crippen molar-refractivity contribution in [1.82, 2.24) is 0 Å². The van der Waals surface area contributed by atoms with Crippen LogP contribution in [0.25, 0.3) is 0 Å². The predicted octanol–water partition coefficient (Wildman–Crippen LogP) is 2.98. The Morgan fingerprint density at radius 1 is 1.00 bits per heavy atom. The molecule has 3 rings (SSSR count). The number of nitrogens with zero attached hydrogens (tertiary/aromatic N) is 1. The molecular weight excluding hydrogens is 248 g/mol. The van der Waals surface area contributed by atoms with Gasteiger partial charge in [0, 0.05) is 18.3 Å². The largest absolute Gasteiger partial charge is 0.391 e. The lowest BCUT2D eigenvalue weighted by Crippen LogP contribution is -2.43. The summed E-state index contributed by atoms with van der Waals surface area (Å²) in [6.07, 6.45) is 7.64. The molecule has 0 radical (unpaired) electrons. The number of rotatable bonds is 1. The normalized spacial score (nSPS) is 31.3. The van der Waals surface area contributed by atoms with E-state index < -0.39 is 0 Å². The molecular formula is C17H26N2O. The molecule has 1 saturated carbocycles. The fourth-order valence-electron chi connectivity index (χ4n) is 3.80. The molecule has 3 atom stereocenters. The second-order valence-electron chi connectivity index (χ2n) is 6.27. The number of hydrogen-bond donors (Lipinski definition) is 2. The summed E-state index contributed by atoms with van der Waals surface area (Å²) in [6, 6.07) is 8.90. The van der Waals surface area contributed by atoms with Crippen molar-refractivity contribution in [2.45, 2.75) is 63.1 Å². The molecule has 1 aromatic rings. The molecule has 3 nitrogen and oxygen atoms in total. The van der Waals surface area contributed by atoms with Crippen LogP contribution in [0.5, 0.6) is 0 Å². The van der Waals surface area contributed by atoms with Crippen LogP contribution in [0.2, 0.25) is 0 Å². The van der Waals surface area contributed by atoms with Gasteiger partial charge in [0.15, 0.2) is 0 Å². The van der Waals surface area contributed by atoms with Crippen molar-refractivity contribution in [2.75, 3.05) is 11.4 Å². The summed E-state index contributed by atoms with van der Waals surface area (Å²) >= 11 is 0. The molecule has 0 bridgehead atoms. The minimum Gasteiger partial charge on any atom is -0.391 e. The van der Waals surface area contributed by atoms with E-state index in [1.165, 1.54) is 24.1 Å². The van der Waals surface area contributed by atoms with Gasteiger partial charge in [0.1, 0.15) is 0 Å². The summed E-state index contributed by atoms with van der Waals surface area (Å²) in [5.41, 5.74) is 8.82. The maximum atomic E-state index is 10.5. The zero-order chi connectivity index (χ0) is 13.9. The van der Waals surface area contributed by atoms with Gasteiger partial charge in [-0.1, -0.05) is 37.5 Å². The second-order valence-corrected chi connectivity index (χ2v) is 6.27. The van der Waals surface area contributed by atoms with E-state index in [-0.39, 0.29) is 18.2 Å². The smallest absolute Gasteiger partial charge is 0.0743 e. The van der Waals surface area contributed by atoms with Crippen molar-refractivity contribution in [3.63, 3.8) is 0 Å². The molecule has 0 aromatic heterocycles. The SMILES string of the molecule is NC1CCCN(C2CCCCCC2O)c2ccccc21. The van der Waals surface area contributed by atoms with E-state index in [9.17, 15) is 5.11 Å². The van der Waals surface area contributed by atoms with Crippen LogP contribution in [-0.2, 0) is 0 Å². The average Bonchev–Trinajstić information content (AvgIpc) is 2.76. The number of hydrogen-bond acceptors (Lipinski definition) is 3. The molecule has 1 fully saturated rings. The Hall–Kier alpha value is -1.06. The van der Waals surface area contributed by atoms with Crippen LogP contribution < -0.4 is 10.6 Å². The fraction of sp³-hybridized carbons (Fsp3) is 0.647. The van der Waals surface area contributed by atoms with Crippen molar-refractivity contribution in [2.24, 2.45) is 5.73 Å². The number of benzene rings is 1. The number of anilines is 1. The molecule has 0 spiro atoms. The minimum absolute atomic E-state index is 0.138. The predicted molar refractivity (Wildman–Crippen MR) is 82.8 cm³/mol. The van der Waals surface area contributed by atoms with Crippen LogP contribution >= 0.6 is 0 Å². The first-order chi connectivity index (χ1) is 9.77. The zero-order valence-corrected chi connectivity index (χ0v) is 12.2. The van der Waals surface area contributed by atoms with E-state index in [4.69, 9.17) is 5.73 Å². The van der Waals surface area contributed by atoms with Gasteiger partial charge >= 0.3 is 0 Å². The molecule has 1 aromatic carbocycles. The van der Waals surface area contributed by atoms with Crippen molar-refractivity contribution < 1.29 is 5.11 Å². The molecule has 20 heavy (non-hydrogen) atoms. The van der Waals surface area contributed by atoms with E-state index in [0.29, 0.717) is 0 Å². The first-order valence-electron chi connectivity index (χ1n) is 8.06. The molecule has 110 valence electrons. The monoisotopic (exact) mass is 274 g/mol. The fourth-order valence-corrected chi connectivity index (χ4v) is 3.80. The van der Waals surface area contributed by atoms with Crippen molar-refractivity contribution in [3.05, 3.63) is 29.8 Å². The highest BCUT2D eigenvalue weighted by atomic mass is 16.3. The number of para-hydroxylation sites is 1. The van der Waals surface area contributed by atoms with Crippen LogP contribution in [0.3, 0.4) is 0 Å². The van der Waals surface area contributed by atoms with Gasteiger partial charge in [-0.3, -0.25) is 0 Å². The Morgan fingerprint density at radius 2 is 1.80 bits per heavy atom. The second kappa shape index (κ2) is 6.15. The lowest BCUT2D eigenvalue weighted by Gasteiger charge is -2.36. The standard InChI is InChI=1S/C17H26N2O/c18-14-8-6-12-19(15-9-5-4-7-13(14)15)16-10-2-1-3-11-17(16)20/h4-5,7,9,14,16-17,20H,1-3,6,8,10-12,18H2. The first-order valence-corrected chi connectivity index (χ1v) is 8.06. The third-order valence-corrected chi connectivity index (χ3v) is 4.90. The Labute approximate surface area is 121 Å². The lowest BCUT2D eigenvalue weighted by molar-refractivity contribution is 0.132. The number of fused-ring (bicyclic) bond motifs is 1. The van der Waals surface area contributed by atoms with Gasteiger partial charge in [0.05, 0.1) is 12.1 Å². The number of aliphatic hydroxyl groups is 1. The Bertz CT molecular complexity index is 448. The van der Waals surface area contributed by atoms with Crippen molar-refractivity contribution in [1.29, 1.82) is 0 Å². The van der Waals surface area contributed by atoms with Crippen molar-refractivity contribution >= 4 is 5.69 Å². The summed E-state index contributed by atoms with van der Waals surface area (Å²) in [4.78, 5) is 2.44. The molecule has 1 aliphatic carbocycles. The van der Waals surface area contributed by atoms with E-state index in [1.807, 2.05) is 0 Å². The summed E-state index contributed by atoms with van der Waals surface area (Å²) in [5.74, 6) is 0. The Morgan fingerprint density at radius 3 is 2.70 bits per heavy atom. The molecule has 2 aliphatic rings. The summed E-state index contributed by atoms with van der Waals surface area (Å²) in [7, 11) is 0. The molecule has 3 N–H and O–H groups in total. The topological polar surface area (TPSA) is 49.5 Å². The molecule has 0 amide bonds.